The van der Waals surface area contributed by atoms with Crippen LogP contribution in [-0.2, 0) is 10.3 Å². The van der Waals surface area contributed by atoms with E-state index in [0.717, 1.165) is 6.07 Å². The number of benzene rings is 1. The van der Waals surface area contributed by atoms with Crippen LogP contribution in [-0.4, -0.2) is 23.2 Å². The second kappa shape index (κ2) is 7.44. The Labute approximate surface area is 163 Å². The fourth-order valence-electron chi connectivity index (χ4n) is 2.90. The first kappa shape index (κ1) is 20.2. The number of aromatic nitrogens is 1. The summed E-state index contributed by atoms with van der Waals surface area (Å²) in [4.78, 5) is 7.29. The first-order chi connectivity index (χ1) is 13.6. The number of hydrogen-bond acceptors (Lipinski definition) is 5. The van der Waals surface area contributed by atoms with Gasteiger partial charge in [-0.15, -0.1) is 0 Å². The van der Waals surface area contributed by atoms with Gasteiger partial charge in [-0.1, -0.05) is 5.92 Å². The van der Waals surface area contributed by atoms with Crippen molar-refractivity contribution in [2.24, 2.45) is 10.7 Å². The Morgan fingerprint density at radius 1 is 1.21 bits per heavy atom. The van der Waals surface area contributed by atoms with Crippen LogP contribution in [0, 0.1) is 29.0 Å². The van der Waals surface area contributed by atoms with E-state index in [4.69, 9.17) is 15.7 Å². The van der Waals surface area contributed by atoms with Gasteiger partial charge in [0.25, 0.3) is 6.02 Å². The van der Waals surface area contributed by atoms with Crippen molar-refractivity contribution in [3.8, 4) is 17.9 Å². The lowest BCUT2D eigenvalue weighted by Crippen LogP contribution is -2.46. The zero-order valence-corrected chi connectivity index (χ0v) is 15.1. The van der Waals surface area contributed by atoms with Crippen molar-refractivity contribution in [3.63, 3.8) is 0 Å². The van der Waals surface area contributed by atoms with Crippen molar-refractivity contribution in [2.45, 2.75) is 31.2 Å². The highest BCUT2D eigenvalue weighted by Crippen LogP contribution is 2.40. The molecule has 148 valence electrons. The van der Waals surface area contributed by atoms with Gasteiger partial charge in [-0.3, -0.25) is 0 Å². The third-order valence-corrected chi connectivity index (χ3v) is 4.34. The van der Waals surface area contributed by atoms with Crippen LogP contribution in [0.3, 0.4) is 0 Å². The molecule has 1 aromatic heterocycles. The van der Waals surface area contributed by atoms with Crippen molar-refractivity contribution < 1.29 is 22.3 Å². The van der Waals surface area contributed by atoms with Gasteiger partial charge in [0.15, 0.2) is 6.04 Å². The highest BCUT2D eigenvalue weighted by molar-refractivity contribution is 5.73. The van der Waals surface area contributed by atoms with Gasteiger partial charge in [-0.2, -0.15) is 18.4 Å². The molecule has 0 saturated carbocycles. The number of hydrogen-bond donors (Lipinski definition) is 1. The summed E-state index contributed by atoms with van der Waals surface area (Å²) >= 11 is 0. The van der Waals surface area contributed by atoms with Gasteiger partial charge in [-0.05, 0) is 43.2 Å². The van der Waals surface area contributed by atoms with Crippen molar-refractivity contribution in [1.82, 2.24) is 4.98 Å². The molecule has 2 atom stereocenters. The van der Waals surface area contributed by atoms with E-state index in [-0.39, 0.29) is 5.56 Å². The molecule has 0 bridgehead atoms. The maximum Gasteiger partial charge on any atom is 0.411 e. The fraction of sp³-hybridized carbons (Fsp3) is 0.250. The Hall–Kier alpha value is -3.59. The lowest BCUT2D eigenvalue weighted by atomic mass is 9.86. The summed E-state index contributed by atoms with van der Waals surface area (Å²) in [6, 6.07) is 6.08. The number of alkyl halides is 3. The lowest BCUT2D eigenvalue weighted by Gasteiger charge is -2.37. The van der Waals surface area contributed by atoms with Crippen LogP contribution in [0.25, 0.3) is 0 Å². The van der Waals surface area contributed by atoms with Crippen LogP contribution < -0.4 is 5.73 Å². The van der Waals surface area contributed by atoms with Gasteiger partial charge in [0.2, 0.25) is 0 Å². The monoisotopic (exact) mass is 402 g/mol. The summed E-state index contributed by atoms with van der Waals surface area (Å²) in [6.07, 6.45) is -3.90. The van der Waals surface area contributed by atoms with E-state index in [2.05, 4.69) is 21.8 Å². The molecule has 3 rings (SSSR count). The van der Waals surface area contributed by atoms with E-state index < -0.39 is 36.1 Å². The van der Waals surface area contributed by atoms with Gasteiger partial charge in [-0.25, -0.2) is 14.4 Å². The number of pyridine rings is 1. The van der Waals surface area contributed by atoms with Crippen LogP contribution >= 0.6 is 0 Å². The Balaban J connectivity index is 1.94. The zero-order chi connectivity index (χ0) is 21.2. The largest absolute Gasteiger partial charge is 0.454 e. The van der Waals surface area contributed by atoms with Crippen LogP contribution in [0.5, 0.6) is 0 Å². The molecule has 0 saturated heterocycles. The molecule has 0 spiro atoms. The standard InChI is InChI=1S/C20H14F4N4O/c1-19(9-17(20(22,23)24)28-18(26)29-19)15-8-12(4-7-16(15)21)2-5-14-6-3-13(10-25)11-27-14/h3-4,6-8,11,17H,9H2,1H3,(H2,26,28)/t17-,19-/m0/s1. The zero-order valence-electron chi connectivity index (χ0n) is 15.1. The molecule has 0 unspecified atom stereocenters. The van der Waals surface area contributed by atoms with E-state index in [1.54, 1.807) is 12.1 Å². The summed E-state index contributed by atoms with van der Waals surface area (Å²) in [5.74, 6) is 4.78. The molecule has 29 heavy (non-hydrogen) atoms. The quantitative estimate of drug-likeness (QED) is 0.586. The molecule has 0 aliphatic carbocycles. The lowest BCUT2D eigenvalue weighted by molar-refractivity contribution is -0.164. The molecule has 9 heteroatoms. The predicted molar refractivity (Wildman–Crippen MR) is 95.9 cm³/mol. The van der Waals surface area contributed by atoms with Crippen molar-refractivity contribution in [3.05, 3.63) is 64.7 Å². The number of halogens is 4. The Morgan fingerprint density at radius 2 is 1.93 bits per heavy atom. The minimum absolute atomic E-state index is 0.107. The van der Waals surface area contributed by atoms with Crippen LogP contribution in [0.2, 0.25) is 0 Å². The van der Waals surface area contributed by atoms with Crippen LogP contribution in [0.4, 0.5) is 17.6 Å². The molecule has 1 aliphatic rings. The average molecular weight is 402 g/mol. The molecule has 2 N–H and O–H groups in total. The Bertz CT molecular complexity index is 1060. The van der Waals surface area contributed by atoms with Gasteiger partial charge in [0, 0.05) is 23.7 Å². The van der Waals surface area contributed by atoms with Crippen LogP contribution in [0.15, 0.2) is 41.5 Å². The first-order valence-corrected chi connectivity index (χ1v) is 8.38. The van der Waals surface area contributed by atoms with Crippen molar-refractivity contribution in [2.75, 3.05) is 0 Å². The smallest absolute Gasteiger partial charge is 0.411 e. The number of rotatable bonds is 1. The number of nitriles is 1. The number of aliphatic imine (C=N–C) groups is 1. The summed E-state index contributed by atoms with van der Waals surface area (Å²) in [7, 11) is 0. The second-order valence-corrected chi connectivity index (χ2v) is 6.55. The van der Waals surface area contributed by atoms with Gasteiger partial charge < -0.3 is 10.5 Å². The maximum absolute atomic E-state index is 14.5. The van der Waals surface area contributed by atoms with Crippen LogP contribution in [0.1, 0.15) is 35.7 Å². The second-order valence-electron chi connectivity index (χ2n) is 6.55. The number of ether oxygens (including phenoxy) is 1. The minimum atomic E-state index is -4.63. The minimum Gasteiger partial charge on any atom is -0.454 e. The highest BCUT2D eigenvalue weighted by atomic mass is 19.4. The van der Waals surface area contributed by atoms with E-state index in [9.17, 15) is 17.6 Å². The molecular formula is C20H14F4N4O. The maximum atomic E-state index is 14.5. The van der Waals surface area contributed by atoms with Gasteiger partial charge >= 0.3 is 6.18 Å². The predicted octanol–water partition coefficient (Wildman–Crippen LogP) is 3.37. The third kappa shape index (κ3) is 4.46. The summed E-state index contributed by atoms with van der Waals surface area (Å²) in [5.41, 5.74) is 4.76. The topological polar surface area (TPSA) is 84.3 Å². The fourth-order valence-corrected chi connectivity index (χ4v) is 2.90. The highest BCUT2D eigenvalue weighted by Gasteiger charge is 2.49. The average Bonchev–Trinajstić information content (AvgIpc) is 2.66. The molecule has 1 aromatic carbocycles. The molecule has 0 amide bonds. The summed E-state index contributed by atoms with van der Waals surface area (Å²) < 4.78 is 59.2. The van der Waals surface area contributed by atoms with Gasteiger partial charge in [0.1, 0.15) is 23.2 Å². The Kier molecular flexibility index (Phi) is 5.17. The molecule has 0 fully saturated rings. The summed E-state index contributed by atoms with van der Waals surface area (Å²) in [6.45, 7) is 1.32. The number of amidine groups is 1. The molecule has 2 heterocycles. The molecule has 0 radical (unpaired) electrons. The third-order valence-electron chi connectivity index (χ3n) is 4.34. The Morgan fingerprint density at radius 3 is 2.55 bits per heavy atom. The normalized spacial score (nSPS) is 21.2. The van der Waals surface area contributed by atoms with Crippen molar-refractivity contribution in [1.29, 1.82) is 5.26 Å². The van der Waals surface area contributed by atoms with E-state index in [0.29, 0.717) is 16.8 Å². The van der Waals surface area contributed by atoms with E-state index in [1.165, 1.54) is 25.3 Å². The van der Waals surface area contributed by atoms with E-state index in [1.807, 2.05) is 6.07 Å². The molecule has 5 nitrogen and oxygen atoms in total. The molecule has 2 aromatic rings. The first-order valence-electron chi connectivity index (χ1n) is 8.38. The van der Waals surface area contributed by atoms with Crippen molar-refractivity contribution >= 4 is 6.02 Å². The molecular weight excluding hydrogens is 388 g/mol. The SMILES string of the molecule is C[C@@]1(c2cc(C#Cc3ccc(C#N)cn3)ccc2F)C[C@@H](C(F)(F)F)N=C(N)O1. The van der Waals surface area contributed by atoms with Gasteiger partial charge in [0.05, 0.1) is 5.56 Å². The molecule has 1 aliphatic heterocycles. The summed E-state index contributed by atoms with van der Waals surface area (Å²) in [5, 5.41) is 8.77. The number of nitrogens with two attached hydrogens (primary N) is 1. The number of nitrogens with zero attached hydrogens (tertiary/aromatic N) is 3. The van der Waals surface area contributed by atoms with E-state index >= 15 is 0 Å².